The molecule has 0 spiro atoms. The van der Waals surface area contributed by atoms with E-state index in [0.29, 0.717) is 12.0 Å². The van der Waals surface area contributed by atoms with Gasteiger partial charge in [-0.2, -0.15) is 0 Å². The lowest BCUT2D eigenvalue weighted by molar-refractivity contribution is 0.143. The molecule has 1 aliphatic rings. The highest BCUT2D eigenvalue weighted by atomic mass is 35.5. The molecule has 2 N–H and O–H groups in total. The van der Waals surface area contributed by atoms with Gasteiger partial charge in [-0.15, -0.1) is 23.7 Å². The van der Waals surface area contributed by atoms with Crippen molar-refractivity contribution in [1.82, 2.24) is 9.97 Å². The zero-order valence-electron chi connectivity index (χ0n) is 12.4. The predicted octanol–water partition coefficient (Wildman–Crippen LogP) is 3.89. The first-order valence-electron chi connectivity index (χ1n) is 7.30. The van der Waals surface area contributed by atoms with Crippen LogP contribution in [0.2, 0.25) is 0 Å². The molecule has 0 radical (unpaired) electrons. The highest BCUT2D eigenvalue weighted by Gasteiger charge is 2.21. The van der Waals surface area contributed by atoms with Gasteiger partial charge < -0.3 is 10.5 Å². The second kappa shape index (κ2) is 6.90. The largest absolute Gasteiger partial charge is 0.474 e. The fourth-order valence-corrected chi connectivity index (χ4v) is 3.59. The van der Waals surface area contributed by atoms with E-state index >= 15 is 0 Å². The fraction of sp³-hybridized carbons (Fsp3) is 0.600. The number of ether oxygens (including phenoxy) is 1. The van der Waals surface area contributed by atoms with E-state index in [1.54, 1.807) is 17.7 Å². The monoisotopic (exact) mass is 327 g/mol. The average Bonchev–Trinajstić information content (AvgIpc) is 2.87. The van der Waals surface area contributed by atoms with Crippen LogP contribution < -0.4 is 10.5 Å². The van der Waals surface area contributed by atoms with E-state index in [2.05, 4.69) is 29.9 Å². The first kappa shape index (κ1) is 16.5. The van der Waals surface area contributed by atoms with Crippen LogP contribution in [0.5, 0.6) is 5.88 Å². The lowest BCUT2D eigenvalue weighted by atomic mass is 9.94. The van der Waals surface area contributed by atoms with Crippen molar-refractivity contribution in [3.05, 3.63) is 17.3 Å². The lowest BCUT2D eigenvalue weighted by Crippen LogP contribution is -2.31. The molecular formula is C15H22ClN3OS. The van der Waals surface area contributed by atoms with Gasteiger partial charge in [-0.25, -0.2) is 9.97 Å². The summed E-state index contributed by atoms with van der Waals surface area (Å²) in [7, 11) is 0. The Bertz CT molecular complexity index is 594. The standard InChI is InChI=1S/C15H21N3OS.ClH/c1-9(2)13-7-12-14(17-8-18-15(12)20-13)19-11-5-3-10(16)4-6-11;/h7-11H,3-6,16H2,1-2H3;1H. The summed E-state index contributed by atoms with van der Waals surface area (Å²) < 4.78 is 6.11. The van der Waals surface area contributed by atoms with E-state index < -0.39 is 0 Å². The Morgan fingerprint density at radius 2 is 1.95 bits per heavy atom. The molecule has 1 aliphatic carbocycles. The molecule has 6 heteroatoms. The molecule has 2 heterocycles. The van der Waals surface area contributed by atoms with E-state index in [9.17, 15) is 0 Å². The number of nitrogens with zero attached hydrogens (tertiary/aromatic N) is 2. The van der Waals surface area contributed by atoms with E-state index in [1.165, 1.54) is 4.88 Å². The van der Waals surface area contributed by atoms with Crippen LogP contribution in [-0.2, 0) is 0 Å². The number of hydrogen-bond donors (Lipinski definition) is 1. The van der Waals surface area contributed by atoms with Gasteiger partial charge in [-0.05, 0) is 37.7 Å². The Morgan fingerprint density at radius 3 is 2.62 bits per heavy atom. The maximum absolute atomic E-state index is 6.11. The summed E-state index contributed by atoms with van der Waals surface area (Å²) >= 11 is 1.73. The third kappa shape index (κ3) is 3.65. The number of thiophene rings is 1. The molecule has 0 bridgehead atoms. The zero-order chi connectivity index (χ0) is 14.1. The second-order valence-corrected chi connectivity index (χ2v) is 6.92. The molecule has 116 valence electrons. The molecule has 0 aliphatic heterocycles. The Morgan fingerprint density at radius 1 is 1.24 bits per heavy atom. The second-order valence-electron chi connectivity index (χ2n) is 5.86. The molecule has 0 aromatic carbocycles. The molecule has 21 heavy (non-hydrogen) atoms. The SMILES string of the molecule is CC(C)c1cc2c(OC3CCC(N)CC3)ncnc2s1.Cl. The van der Waals surface area contributed by atoms with E-state index in [0.717, 1.165) is 41.8 Å². The molecule has 0 amide bonds. The minimum absolute atomic E-state index is 0. The van der Waals surface area contributed by atoms with Crippen molar-refractivity contribution in [3.8, 4) is 5.88 Å². The van der Waals surface area contributed by atoms with E-state index in [1.807, 2.05) is 0 Å². The molecule has 2 aromatic heterocycles. The van der Waals surface area contributed by atoms with Gasteiger partial charge in [0.05, 0.1) is 5.39 Å². The van der Waals surface area contributed by atoms with Crippen LogP contribution in [0.3, 0.4) is 0 Å². The summed E-state index contributed by atoms with van der Waals surface area (Å²) in [6.07, 6.45) is 5.98. The molecule has 4 nitrogen and oxygen atoms in total. The van der Waals surface area contributed by atoms with Crippen LogP contribution in [-0.4, -0.2) is 22.1 Å². The number of rotatable bonds is 3. The molecular weight excluding hydrogens is 306 g/mol. The third-order valence-electron chi connectivity index (χ3n) is 3.88. The van der Waals surface area contributed by atoms with Crippen molar-refractivity contribution in [2.45, 2.75) is 57.6 Å². The van der Waals surface area contributed by atoms with Crippen LogP contribution in [0.4, 0.5) is 0 Å². The Kier molecular flexibility index (Phi) is 5.41. The summed E-state index contributed by atoms with van der Waals surface area (Å²) in [4.78, 5) is 11.0. The van der Waals surface area contributed by atoms with Gasteiger partial charge >= 0.3 is 0 Å². The number of aromatic nitrogens is 2. The minimum atomic E-state index is 0. The average molecular weight is 328 g/mol. The van der Waals surface area contributed by atoms with Crippen molar-refractivity contribution in [3.63, 3.8) is 0 Å². The van der Waals surface area contributed by atoms with E-state index in [4.69, 9.17) is 10.5 Å². The molecule has 1 fully saturated rings. The van der Waals surface area contributed by atoms with Crippen molar-refractivity contribution < 1.29 is 4.74 Å². The summed E-state index contributed by atoms with van der Waals surface area (Å²) in [6.45, 7) is 4.39. The summed E-state index contributed by atoms with van der Waals surface area (Å²) in [6, 6.07) is 2.52. The molecule has 0 atom stereocenters. The first-order chi connectivity index (χ1) is 9.63. The molecule has 0 saturated heterocycles. The maximum atomic E-state index is 6.11. The van der Waals surface area contributed by atoms with Gasteiger partial charge in [-0.1, -0.05) is 13.8 Å². The number of halogens is 1. The molecule has 3 rings (SSSR count). The van der Waals surface area contributed by atoms with Crippen molar-refractivity contribution >= 4 is 34.0 Å². The van der Waals surface area contributed by atoms with Gasteiger partial charge in [0.1, 0.15) is 17.3 Å². The summed E-state index contributed by atoms with van der Waals surface area (Å²) in [5.41, 5.74) is 5.94. The van der Waals surface area contributed by atoms with Gasteiger partial charge in [0.15, 0.2) is 0 Å². The van der Waals surface area contributed by atoms with Crippen LogP contribution in [0.25, 0.3) is 10.2 Å². The molecule has 1 saturated carbocycles. The Balaban J connectivity index is 0.00000161. The smallest absolute Gasteiger partial charge is 0.225 e. The zero-order valence-corrected chi connectivity index (χ0v) is 14.0. The van der Waals surface area contributed by atoms with Gasteiger partial charge in [0, 0.05) is 10.9 Å². The Labute approximate surface area is 135 Å². The summed E-state index contributed by atoms with van der Waals surface area (Å²) in [5, 5.41) is 1.05. The van der Waals surface area contributed by atoms with Gasteiger partial charge in [-0.3, -0.25) is 0 Å². The molecule has 2 aromatic rings. The highest BCUT2D eigenvalue weighted by molar-refractivity contribution is 7.18. The van der Waals surface area contributed by atoms with Gasteiger partial charge in [0.2, 0.25) is 5.88 Å². The normalized spacial score (nSPS) is 22.3. The quantitative estimate of drug-likeness (QED) is 0.929. The van der Waals surface area contributed by atoms with Crippen LogP contribution in [0, 0.1) is 0 Å². The summed E-state index contributed by atoms with van der Waals surface area (Å²) in [5.74, 6) is 1.24. The lowest BCUT2D eigenvalue weighted by Gasteiger charge is -2.26. The third-order valence-corrected chi connectivity index (χ3v) is 5.22. The highest BCUT2D eigenvalue weighted by Crippen LogP contribution is 2.34. The first-order valence-corrected chi connectivity index (χ1v) is 8.12. The minimum Gasteiger partial charge on any atom is -0.474 e. The van der Waals surface area contributed by atoms with Crippen molar-refractivity contribution in [2.24, 2.45) is 5.73 Å². The van der Waals surface area contributed by atoms with Gasteiger partial charge in [0.25, 0.3) is 0 Å². The van der Waals surface area contributed by atoms with Crippen LogP contribution in [0.1, 0.15) is 50.3 Å². The maximum Gasteiger partial charge on any atom is 0.225 e. The van der Waals surface area contributed by atoms with Crippen molar-refractivity contribution in [1.29, 1.82) is 0 Å². The number of fused-ring (bicyclic) bond motifs is 1. The predicted molar refractivity (Wildman–Crippen MR) is 89.6 cm³/mol. The molecule has 0 unspecified atom stereocenters. The fourth-order valence-electron chi connectivity index (χ4n) is 2.60. The van der Waals surface area contributed by atoms with E-state index in [-0.39, 0.29) is 18.5 Å². The van der Waals surface area contributed by atoms with Crippen LogP contribution >= 0.6 is 23.7 Å². The number of hydrogen-bond acceptors (Lipinski definition) is 5. The van der Waals surface area contributed by atoms with Crippen LogP contribution in [0.15, 0.2) is 12.4 Å². The topological polar surface area (TPSA) is 61.0 Å². The Hall–Kier alpha value is -0.910. The number of nitrogens with two attached hydrogens (primary N) is 1. The van der Waals surface area contributed by atoms with Crippen molar-refractivity contribution in [2.75, 3.05) is 0 Å².